The van der Waals surface area contributed by atoms with E-state index in [1.807, 2.05) is 12.1 Å². The number of aryl methyl sites for hydroxylation is 3. The molecule has 0 aliphatic carbocycles. The highest BCUT2D eigenvalue weighted by molar-refractivity contribution is 5.95. The first kappa shape index (κ1) is 16.7. The van der Waals surface area contributed by atoms with Crippen molar-refractivity contribution in [1.29, 1.82) is 0 Å². The van der Waals surface area contributed by atoms with Gasteiger partial charge in [0, 0.05) is 16.9 Å². The molecule has 5 aromatic rings. The summed E-state index contributed by atoms with van der Waals surface area (Å²) in [7, 11) is 0. The van der Waals surface area contributed by atoms with Crippen LogP contribution in [0.3, 0.4) is 0 Å². The molecule has 5 rings (SSSR count). The fourth-order valence-corrected chi connectivity index (χ4v) is 3.81. The maximum absolute atomic E-state index is 4.89. The van der Waals surface area contributed by atoms with Crippen molar-refractivity contribution in [3.63, 3.8) is 0 Å². The van der Waals surface area contributed by atoms with Gasteiger partial charge in [-0.05, 0) is 51.0 Å². The third-order valence-corrected chi connectivity index (χ3v) is 5.51. The first-order valence-corrected chi connectivity index (χ1v) is 9.40. The summed E-state index contributed by atoms with van der Waals surface area (Å²) in [6.45, 7) is 8.44. The van der Waals surface area contributed by atoms with Gasteiger partial charge in [-0.1, -0.05) is 42.0 Å². The number of hydrogen-bond acceptors (Lipinski definition) is 3. The molecule has 3 heterocycles. The van der Waals surface area contributed by atoms with Crippen LogP contribution in [0.2, 0.25) is 0 Å². The summed E-state index contributed by atoms with van der Waals surface area (Å²) >= 11 is 0. The van der Waals surface area contributed by atoms with Gasteiger partial charge in [-0.2, -0.15) is 0 Å². The summed E-state index contributed by atoms with van der Waals surface area (Å²) < 4.78 is 3.99. The summed E-state index contributed by atoms with van der Waals surface area (Å²) in [5.41, 5.74) is 8.66. The van der Waals surface area contributed by atoms with Crippen LogP contribution in [0, 0.1) is 27.7 Å². The van der Waals surface area contributed by atoms with Crippen molar-refractivity contribution in [3.05, 3.63) is 77.2 Å². The number of nitrogens with zero attached hydrogens (tertiary/aromatic N) is 5. The molecule has 0 fully saturated rings. The summed E-state index contributed by atoms with van der Waals surface area (Å²) in [5.74, 6) is 0.729. The van der Waals surface area contributed by atoms with Gasteiger partial charge in [0.15, 0.2) is 17.1 Å². The lowest BCUT2D eigenvalue weighted by Gasteiger charge is -2.08. The number of hydrogen-bond donors (Lipinski definition) is 0. The van der Waals surface area contributed by atoms with E-state index in [0.29, 0.717) is 0 Å². The Hall–Kier alpha value is -3.47. The Bertz CT molecular complexity index is 1340. The van der Waals surface area contributed by atoms with E-state index in [9.17, 15) is 0 Å². The maximum atomic E-state index is 4.89. The number of fused-ring (bicyclic) bond motifs is 3. The van der Waals surface area contributed by atoms with Gasteiger partial charge in [0.25, 0.3) is 0 Å². The molecule has 138 valence electrons. The highest BCUT2D eigenvalue weighted by Crippen LogP contribution is 2.31. The largest absolute Gasteiger partial charge is 0.298 e. The zero-order valence-electron chi connectivity index (χ0n) is 16.4. The predicted molar refractivity (Wildman–Crippen MR) is 112 cm³/mol. The van der Waals surface area contributed by atoms with Crippen molar-refractivity contribution in [2.24, 2.45) is 0 Å². The molecular formula is C23H21N5. The van der Waals surface area contributed by atoms with Crippen LogP contribution in [0.1, 0.15) is 22.4 Å². The van der Waals surface area contributed by atoms with Crippen molar-refractivity contribution < 1.29 is 0 Å². The fourth-order valence-electron chi connectivity index (χ4n) is 3.81. The van der Waals surface area contributed by atoms with Crippen LogP contribution in [0.4, 0.5) is 0 Å². The quantitative estimate of drug-likeness (QED) is 0.443. The standard InChI is InChI=1S/C23H21N5/c1-14-9-11-18(12-10-14)28-17(4)16(3)20-22(28)24-13-27-23(20)25-21(26-27)19-8-6-5-7-15(19)2/h5-13H,1-4H3. The first-order valence-electron chi connectivity index (χ1n) is 9.40. The van der Waals surface area contributed by atoms with E-state index in [2.05, 4.69) is 68.7 Å². The van der Waals surface area contributed by atoms with E-state index in [1.165, 1.54) is 16.8 Å². The molecule has 0 saturated heterocycles. The SMILES string of the molecule is Cc1ccc(-n2c(C)c(C)c3c2ncn2nc(-c4ccccc4C)nc32)cc1. The van der Waals surface area contributed by atoms with Crippen LogP contribution >= 0.6 is 0 Å². The van der Waals surface area contributed by atoms with Crippen LogP contribution in [-0.2, 0) is 0 Å². The predicted octanol–water partition coefficient (Wildman–Crippen LogP) is 4.97. The zero-order valence-corrected chi connectivity index (χ0v) is 16.4. The molecule has 0 N–H and O–H groups in total. The molecule has 0 amide bonds. The van der Waals surface area contributed by atoms with E-state index < -0.39 is 0 Å². The van der Waals surface area contributed by atoms with Crippen LogP contribution in [-0.4, -0.2) is 24.1 Å². The van der Waals surface area contributed by atoms with E-state index in [-0.39, 0.29) is 0 Å². The Labute approximate surface area is 163 Å². The van der Waals surface area contributed by atoms with Crippen molar-refractivity contribution in [2.45, 2.75) is 27.7 Å². The lowest BCUT2D eigenvalue weighted by atomic mass is 10.1. The van der Waals surface area contributed by atoms with Crippen LogP contribution in [0.25, 0.3) is 33.8 Å². The molecule has 0 unspecified atom stereocenters. The second-order valence-corrected chi connectivity index (χ2v) is 7.34. The van der Waals surface area contributed by atoms with Gasteiger partial charge >= 0.3 is 0 Å². The monoisotopic (exact) mass is 367 g/mol. The van der Waals surface area contributed by atoms with E-state index in [1.54, 1.807) is 10.8 Å². The number of benzene rings is 2. The minimum absolute atomic E-state index is 0.729. The van der Waals surface area contributed by atoms with Crippen LogP contribution < -0.4 is 0 Å². The molecule has 0 aliphatic heterocycles. The minimum Gasteiger partial charge on any atom is -0.298 e. The van der Waals surface area contributed by atoms with Crippen molar-refractivity contribution in [2.75, 3.05) is 0 Å². The van der Waals surface area contributed by atoms with E-state index >= 15 is 0 Å². The number of aromatic nitrogens is 5. The third kappa shape index (κ3) is 2.36. The van der Waals surface area contributed by atoms with Gasteiger partial charge in [0.2, 0.25) is 0 Å². The first-order chi connectivity index (χ1) is 13.5. The van der Waals surface area contributed by atoms with Crippen molar-refractivity contribution in [1.82, 2.24) is 24.1 Å². The van der Waals surface area contributed by atoms with E-state index in [0.717, 1.165) is 39.3 Å². The topological polar surface area (TPSA) is 48.0 Å². The summed E-state index contributed by atoms with van der Waals surface area (Å²) in [6.07, 6.45) is 1.76. The lowest BCUT2D eigenvalue weighted by Crippen LogP contribution is -1.99. The molecule has 0 atom stereocenters. The second kappa shape index (κ2) is 6.02. The molecule has 0 aliphatic rings. The van der Waals surface area contributed by atoms with Crippen LogP contribution in [0.15, 0.2) is 54.9 Å². The average Bonchev–Trinajstić information content (AvgIpc) is 3.23. The van der Waals surface area contributed by atoms with Gasteiger partial charge < -0.3 is 0 Å². The Morgan fingerprint density at radius 2 is 1.57 bits per heavy atom. The molecule has 0 radical (unpaired) electrons. The van der Waals surface area contributed by atoms with E-state index in [4.69, 9.17) is 15.1 Å². The molecule has 0 spiro atoms. The summed E-state index contributed by atoms with van der Waals surface area (Å²) in [4.78, 5) is 9.64. The smallest absolute Gasteiger partial charge is 0.182 e. The summed E-state index contributed by atoms with van der Waals surface area (Å²) in [6, 6.07) is 16.7. The zero-order chi connectivity index (χ0) is 19.4. The number of rotatable bonds is 2. The average molecular weight is 367 g/mol. The van der Waals surface area contributed by atoms with Crippen molar-refractivity contribution >= 4 is 16.7 Å². The van der Waals surface area contributed by atoms with Crippen LogP contribution in [0.5, 0.6) is 0 Å². The van der Waals surface area contributed by atoms with Gasteiger partial charge in [0.1, 0.15) is 6.33 Å². The van der Waals surface area contributed by atoms with Gasteiger partial charge in [0.05, 0.1) is 5.39 Å². The molecule has 2 aromatic carbocycles. The Balaban J connectivity index is 1.80. The third-order valence-electron chi connectivity index (χ3n) is 5.51. The van der Waals surface area contributed by atoms with Crippen molar-refractivity contribution in [3.8, 4) is 17.1 Å². The molecule has 0 saturated carbocycles. The Morgan fingerprint density at radius 3 is 2.32 bits per heavy atom. The fraction of sp³-hybridized carbons (Fsp3) is 0.174. The molecule has 0 bridgehead atoms. The lowest BCUT2D eigenvalue weighted by molar-refractivity contribution is 0.926. The minimum atomic E-state index is 0.729. The molecular weight excluding hydrogens is 346 g/mol. The molecule has 3 aromatic heterocycles. The normalized spacial score (nSPS) is 11.6. The van der Waals surface area contributed by atoms with Gasteiger partial charge in [-0.15, -0.1) is 5.10 Å². The second-order valence-electron chi connectivity index (χ2n) is 7.34. The Kier molecular flexibility index (Phi) is 3.59. The van der Waals surface area contributed by atoms with Gasteiger partial charge in [-0.25, -0.2) is 14.5 Å². The Morgan fingerprint density at radius 1 is 0.821 bits per heavy atom. The molecule has 5 heteroatoms. The molecule has 5 nitrogen and oxygen atoms in total. The summed E-state index contributed by atoms with van der Waals surface area (Å²) in [5, 5.41) is 5.74. The van der Waals surface area contributed by atoms with Gasteiger partial charge in [-0.3, -0.25) is 4.57 Å². The maximum Gasteiger partial charge on any atom is 0.182 e. The highest BCUT2D eigenvalue weighted by Gasteiger charge is 2.19. The molecule has 28 heavy (non-hydrogen) atoms. The highest BCUT2D eigenvalue weighted by atomic mass is 15.3.